The largest absolute Gasteiger partial charge is 0.497 e. The summed E-state index contributed by atoms with van der Waals surface area (Å²) >= 11 is 1.69. The zero-order valence-corrected chi connectivity index (χ0v) is 21.1. The molecule has 0 unspecified atom stereocenters. The quantitative estimate of drug-likeness (QED) is 0.416. The minimum absolute atomic E-state index is 0.0200. The maximum Gasteiger partial charge on any atom is 0.322 e. The lowest BCUT2D eigenvalue weighted by Gasteiger charge is -2.28. The molecular formula is C27H31N3O4S. The number of hydrogen-bond donors (Lipinski definition) is 1. The second-order valence-electron chi connectivity index (χ2n) is 8.60. The fraction of sp³-hybridized carbons (Fsp3) is 0.333. The van der Waals surface area contributed by atoms with E-state index in [9.17, 15) is 9.59 Å². The van der Waals surface area contributed by atoms with Gasteiger partial charge in [-0.1, -0.05) is 30.3 Å². The van der Waals surface area contributed by atoms with Gasteiger partial charge < -0.3 is 24.6 Å². The monoisotopic (exact) mass is 493 g/mol. The van der Waals surface area contributed by atoms with Crippen molar-refractivity contribution in [1.82, 2.24) is 9.80 Å². The number of nitrogens with zero attached hydrogens (tertiary/aromatic N) is 2. The molecule has 0 radical (unpaired) electrons. The van der Waals surface area contributed by atoms with Crippen LogP contribution in [0.25, 0.3) is 0 Å². The van der Waals surface area contributed by atoms with Gasteiger partial charge in [0.1, 0.15) is 18.0 Å². The molecule has 4 rings (SSSR count). The third-order valence-corrected chi connectivity index (χ3v) is 6.90. The van der Waals surface area contributed by atoms with E-state index in [4.69, 9.17) is 9.47 Å². The summed E-state index contributed by atoms with van der Waals surface area (Å²) < 4.78 is 10.6. The normalized spacial score (nSPS) is 12.7. The van der Waals surface area contributed by atoms with Gasteiger partial charge in [-0.3, -0.25) is 4.79 Å². The smallest absolute Gasteiger partial charge is 0.322 e. The van der Waals surface area contributed by atoms with Crippen molar-refractivity contribution in [2.45, 2.75) is 38.9 Å². The Morgan fingerprint density at radius 2 is 1.77 bits per heavy atom. The molecular weight excluding hydrogens is 462 g/mol. The van der Waals surface area contributed by atoms with E-state index < -0.39 is 0 Å². The number of amides is 3. The highest BCUT2D eigenvalue weighted by Crippen LogP contribution is 2.32. The van der Waals surface area contributed by atoms with Crippen LogP contribution < -0.4 is 14.8 Å². The van der Waals surface area contributed by atoms with Crippen molar-refractivity contribution in [3.63, 3.8) is 0 Å². The van der Waals surface area contributed by atoms with Gasteiger partial charge in [0.2, 0.25) is 5.91 Å². The van der Waals surface area contributed by atoms with E-state index >= 15 is 0 Å². The number of ether oxygens (including phenoxy) is 2. The number of anilines is 1. The third kappa shape index (κ3) is 6.54. The molecule has 0 bridgehead atoms. The molecule has 8 heteroatoms. The Balaban J connectivity index is 1.49. The van der Waals surface area contributed by atoms with Gasteiger partial charge in [-0.2, -0.15) is 0 Å². The molecule has 1 fully saturated rings. The van der Waals surface area contributed by atoms with E-state index in [1.807, 2.05) is 35.2 Å². The van der Waals surface area contributed by atoms with Gasteiger partial charge in [0.05, 0.1) is 26.5 Å². The number of methoxy groups -OCH3 is 2. The van der Waals surface area contributed by atoms with E-state index in [0.717, 1.165) is 23.3 Å². The molecule has 1 N–H and O–H groups in total. The Bertz CT molecular complexity index is 1160. The van der Waals surface area contributed by atoms with E-state index in [-0.39, 0.29) is 24.5 Å². The number of nitrogens with one attached hydrogen (secondary N) is 1. The van der Waals surface area contributed by atoms with Crippen LogP contribution in [0, 0.1) is 6.92 Å². The molecule has 1 aliphatic rings. The fourth-order valence-corrected chi connectivity index (χ4v) is 4.79. The second-order valence-corrected chi connectivity index (χ2v) is 9.98. The van der Waals surface area contributed by atoms with Crippen molar-refractivity contribution in [3.05, 3.63) is 76.0 Å². The molecule has 3 aromatic rings. The summed E-state index contributed by atoms with van der Waals surface area (Å²) in [6.07, 6.45) is 1.78. The van der Waals surface area contributed by atoms with Gasteiger partial charge in [0, 0.05) is 28.4 Å². The number of hydrogen-bond acceptors (Lipinski definition) is 5. The van der Waals surface area contributed by atoms with Crippen LogP contribution >= 0.6 is 11.3 Å². The third-order valence-electron chi connectivity index (χ3n) is 5.92. The Morgan fingerprint density at radius 3 is 2.40 bits per heavy atom. The van der Waals surface area contributed by atoms with Gasteiger partial charge in [0.25, 0.3) is 0 Å². The number of carbonyl (C=O) groups excluding carboxylic acids is 2. The predicted octanol–water partition coefficient (Wildman–Crippen LogP) is 5.30. The molecule has 2 aromatic carbocycles. The van der Waals surface area contributed by atoms with E-state index in [1.165, 1.54) is 4.88 Å². The molecule has 0 aliphatic heterocycles. The molecule has 1 heterocycles. The molecule has 0 atom stereocenters. The first kappa shape index (κ1) is 24.6. The van der Waals surface area contributed by atoms with Crippen LogP contribution in [-0.2, 0) is 17.9 Å². The molecule has 35 heavy (non-hydrogen) atoms. The first-order chi connectivity index (χ1) is 17.0. The van der Waals surface area contributed by atoms with Crippen LogP contribution in [0.4, 0.5) is 10.5 Å². The number of benzene rings is 2. The fourth-order valence-electron chi connectivity index (χ4n) is 3.88. The van der Waals surface area contributed by atoms with Crippen molar-refractivity contribution in [1.29, 1.82) is 0 Å². The van der Waals surface area contributed by atoms with Crippen LogP contribution in [0.15, 0.2) is 60.7 Å². The number of urea groups is 1. The molecule has 0 spiro atoms. The molecule has 1 saturated carbocycles. The van der Waals surface area contributed by atoms with Crippen LogP contribution in [-0.4, -0.2) is 48.5 Å². The maximum atomic E-state index is 13.5. The summed E-state index contributed by atoms with van der Waals surface area (Å²) in [4.78, 5) is 32.6. The molecule has 3 amide bonds. The Labute approximate surface area is 210 Å². The highest BCUT2D eigenvalue weighted by molar-refractivity contribution is 7.11. The second kappa shape index (κ2) is 11.3. The minimum atomic E-state index is -0.309. The summed E-state index contributed by atoms with van der Waals surface area (Å²) in [6.45, 7) is 3.08. The van der Waals surface area contributed by atoms with Gasteiger partial charge in [-0.25, -0.2) is 4.79 Å². The van der Waals surface area contributed by atoms with Crippen LogP contribution in [0.5, 0.6) is 11.5 Å². The average molecular weight is 494 g/mol. The van der Waals surface area contributed by atoms with Crippen molar-refractivity contribution in [3.8, 4) is 11.5 Å². The van der Waals surface area contributed by atoms with Crippen LogP contribution in [0.3, 0.4) is 0 Å². The van der Waals surface area contributed by atoms with Crippen molar-refractivity contribution >= 4 is 29.0 Å². The summed E-state index contributed by atoms with van der Waals surface area (Å²) in [7, 11) is 3.12. The Morgan fingerprint density at radius 1 is 1.00 bits per heavy atom. The molecule has 7 nitrogen and oxygen atoms in total. The molecule has 1 aromatic heterocycles. The Kier molecular flexibility index (Phi) is 7.92. The van der Waals surface area contributed by atoms with Crippen LogP contribution in [0.1, 0.15) is 28.2 Å². The summed E-state index contributed by atoms with van der Waals surface area (Å²) in [5, 5.41) is 2.92. The van der Waals surface area contributed by atoms with Gasteiger partial charge in [-0.15, -0.1) is 11.3 Å². The lowest BCUT2D eigenvalue weighted by Crippen LogP contribution is -2.45. The zero-order chi connectivity index (χ0) is 24.8. The number of aryl methyl sites for hydroxylation is 1. The number of rotatable bonds is 10. The lowest BCUT2D eigenvalue weighted by molar-refractivity contribution is -0.133. The highest BCUT2D eigenvalue weighted by Gasteiger charge is 2.35. The minimum Gasteiger partial charge on any atom is -0.497 e. The summed E-state index contributed by atoms with van der Waals surface area (Å²) in [6, 6.07) is 19.0. The van der Waals surface area contributed by atoms with Crippen LogP contribution in [0.2, 0.25) is 0 Å². The molecule has 1 aliphatic carbocycles. The zero-order valence-electron chi connectivity index (χ0n) is 20.3. The van der Waals surface area contributed by atoms with Gasteiger partial charge in [-0.05, 0) is 49.6 Å². The highest BCUT2D eigenvalue weighted by atomic mass is 32.1. The average Bonchev–Trinajstić information content (AvgIpc) is 3.63. The first-order valence-electron chi connectivity index (χ1n) is 11.6. The summed E-state index contributed by atoms with van der Waals surface area (Å²) in [5.41, 5.74) is 1.59. The van der Waals surface area contributed by atoms with E-state index in [0.29, 0.717) is 30.3 Å². The maximum absolute atomic E-state index is 13.5. The number of thiophene rings is 1. The first-order valence-corrected chi connectivity index (χ1v) is 12.4. The number of carbonyl (C=O) groups is 2. The SMILES string of the molecule is COc1ccc(NC(=O)N(CC(=O)N(Cc2ccccc2)Cc2ccc(C)s2)C2CC2)c(OC)c1. The Hall–Kier alpha value is -3.52. The van der Waals surface area contributed by atoms with E-state index in [1.54, 1.807) is 48.7 Å². The van der Waals surface area contributed by atoms with E-state index in [2.05, 4.69) is 24.4 Å². The summed E-state index contributed by atoms with van der Waals surface area (Å²) in [5.74, 6) is 1.05. The lowest BCUT2D eigenvalue weighted by atomic mass is 10.2. The van der Waals surface area contributed by atoms with Crippen molar-refractivity contribution in [2.24, 2.45) is 0 Å². The standard InChI is InChI=1S/C27H31N3O4S/c1-19-9-13-23(35-19)17-29(16-20-7-5-4-6-8-20)26(31)18-30(21-10-11-21)27(32)28-24-14-12-22(33-2)15-25(24)34-3/h4-9,12-15,21H,10-11,16-18H2,1-3H3,(H,28,32). The van der Waals surface area contributed by atoms with Crippen molar-refractivity contribution < 1.29 is 19.1 Å². The topological polar surface area (TPSA) is 71.1 Å². The molecule has 0 saturated heterocycles. The van der Waals surface area contributed by atoms with Gasteiger partial charge in [0.15, 0.2) is 0 Å². The van der Waals surface area contributed by atoms with Crippen molar-refractivity contribution in [2.75, 3.05) is 26.1 Å². The predicted molar refractivity (Wildman–Crippen MR) is 138 cm³/mol. The molecule has 184 valence electrons. The van der Waals surface area contributed by atoms with Gasteiger partial charge >= 0.3 is 6.03 Å².